The third kappa shape index (κ3) is 37.9. The molecule has 88 valence electrons. The van der Waals surface area contributed by atoms with Crippen LogP contribution in [0.2, 0.25) is 0 Å². The monoisotopic (exact) mass is 464 g/mol. The molecule has 0 unspecified atom stereocenters. The van der Waals surface area contributed by atoms with E-state index in [4.69, 9.17) is 0 Å². The van der Waals surface area contributed by atoms with Gasteiger partial charge >= 0.3 is 257 Å². The Labute approximate surface area is 323 Å². The average molecular weight is 464 g/mol. The van der Waals surface area contributed by atoms with Crippen LogP contribution in [0.3, 0.4) is 0 Å². The van der Waals surface area contributed by atoms with Crippen molar-refractivity contribution in [1.82, 2.24) is 0 Å². The number of hydrogen-bond acceptors (Lipinski definition) is 10. The van der Waals surface area contributed by atoms with E-state index < -0.39 is 23.5 Å². The molecular formula is CH4K5O10P3. The first-order chi connectivity index (χ1) is 5.41. The first kappa shape index (κ1) is 46.0. The Hall–Kier alpha value is 8.59. The van der Waals surface area contributed by atoms with Gasteiger partial charge in [0.15, 0.2) is 0 Å². The molecule has 0 aromatic heterocycles. The molecule has 10 nitrogen and oxygen atoms in total. The van der Waals surface area contributed by atoms with E-state index in [1.165, 1.54) is 0 Å². The zero-order chi connectivity index (χ0) is 10.9. The number of hydrogen-bond donors (Lipinski definition) is 0. The molecule has 18 heteroatoms. The van der Waals surface area contributed by atoms with Crippen LogP contribution in [0, 0.1) is 0 Å². The zero-order valence-corrected chi connectivity index (χ0v) is 28.7. The summed E-state index contributed by atoms with van der Waals surface area (Å²) in [6.45, 7) is 0. The van der Waals surface area contributed by atoms with Gasteiger partial charge in [0.05, 0.1) is 15.6 Å². The quantitative estimate of drug-likeness (QED) is 0.286. The number of phosphoric acid groups is 3. The van der Waals surface area contributed by atoms with Gasteiger partial charge in [-0.3, -0.25) is 13.2 Å². The molecule has 0 radical (unpaired) electrons. The molecule has 0 aliphatic heterocycles. The first-order valence-corrected chi connectivity index (χ1v) is 6.57. The predicted molar refractivity (Wildman–Crippen MR) is 31.7 cm³/mol. The molecule has 0 saturated heterocycles. The maximum Gasteiger partial charge on any atom is 1.00 e. The maximum atomic E-state index is 10.1. The fourth-order valence-corrected chi connectivity index (χ4v) is 2.61. The molecule has 0 heterocycles. The topological polar surface area (TPSA) is 185 Å². The van der Waals surface area contributed by atoms with Crippen LogP contribution in [-0.4, -0.2) is 0 Å². The normalized spacial score (nSPS) is 9.95. The third-order valence-electron chi connectivity index (χ3n) is 0.400. The second kappa shape index (κ2) is 21.3. The van der Waals surface area contributed by atoms with Crippen molar-refractivity contribution in [2.75, 3.05) is 0 Å². The minimum absolute atomic E-state index is 0. The fourth-order valence-electron chi connectivity index (χ4n) is 0.260. The molecule has 0 aromatic rings. The molecule has 19 heavy (non-hydrogen) atoms. The Bertz CT molecular complexity index is 293. The summed E-state index contributed by atoms with van der Waals surface area (Å²) >= 11 is 0. The van der Waals surface area contributed by atoms with E-state index in [1.807, 2.05) is 0 Å². The number of rotatable bonds is 4. The van der Waals surface area contributed by atoms with Crippen LogP contribution in [0.25, 0.3) is 0 Å². The molecule has 0 bridgehead atoms. The molecule has 0 saturated carbocycles. The maximum absolute atomic E-state index is 10.1. The minimum atomic E-state index is -5.97. The van der Waals surface area contributed by atoms with E-state index >= 15 is 0 Å². The van der Waals surface area contributed by atoms with E-state index in [9.17, 15) is 38.2 Å². The van der Waals surface area contributed by atoms with Gasteiger partial charge in [0.1, 0.15) is 0 Å². The van der Waals surface area contributed by atoms with Crippen LogP contribution in [0.15, 0.2) is 0 Å². The zero-order valence-electron chi connectivity index (χ0n) is 10.4. The molecule has 0 spiro atoms. The van der Waals surface area contributed by atoms with Gasteiger partial charge < -0.3 is 33.6 Å². The Balaban J connectivity index is -0.0000000480. The average Bonchev–Trinajstić information content (AvgIpc) is 1.43. The molecule has 0 rings (SSSR count). The summed E-state index contributed by atoms with van der Waals surface area (Å²) in [5.41, 5.74) is 0. The standard InChI is InChI=1S/CH4.5K.H5O10P3/c;;;;;;1-11(2,3)9-13(7,8)10-12(4,5)6/h1H4;;;;;;(H,7,8)(H2,1,2,3)(H2,4,5,6)/q;5*+1;/p-5. The second-order valence-corrected chi connectivity index (χ2v) is 5.49. The summed E-state index contributed by atoms with van der Waals surface area (Å²) in [6.07, 6.45) is 0. The van der Waals surface area contributed by atoms with Crippen LogP contribution in [0.5, 0.6) is 0 Å². The van der Waals surface area contributed by atoms with Gasteiger partial charge in [-0.05, 0) is 0 Å². The van der Waals surface area contributed by atoms with Crippen LogP contribution in [-0.2, 0) is 22.3 Å². The van der Waals surface area contributed by atoms with Gasteiger partial charge in [0.2, 0.25) is 0 Å². The Kier molecular flexibility index (Phi) is 51.6. The van der Waals surface area contributed by atoms with Gasteiger partial charge in [0.25, 0.3) is 7.82 Å². The van der Waals surface area contributed by atoms with Crippen molar-refractivity contribution in [2.45, 2.75) is 7.43 Å². The van der Waals surface area contributed by atoms with Crippen LogP contribution < -0.4 is 281 Å². The molecule has 0 atom stereocenters. The molecule has 0 aromatic carbocycles. The summed E-state index contributed by atoms with van der Waals surface area (Å²) < 4.78 is 34.7. The Morgan fingerprint density at radius 2 is 0.737 bits per heavy atom. The molecule has 0 aliphatic carbocycles. The van der Waals surface area contributed by atoms with Gasteiger partial charge in [0, 0.05) is 0 Å². The largest absolute Gasteiger partial charge is 1.00 e. The van der Waals surface area contributed by atoms with Crippen molar-refractivity contribution in [1.29, 1.82) is 0 Å². The van der Waals surface area contributed by atoms with Crippen molar-refractivity contribution in [3.8, 4) is 0 Å². The van der Waals surface area contributed by atoms with Gasteiger partial charge in [-0.15, -0.1) is 0 Å². The summed E-state index contributed by atoms with van der Waals surface area (Å²) in [5.74, 6) is 0. The van der Waals surface area contributed by atoms with E-state index in [2.05, 4.69) is 8.62 Å². The van der Waals surface area contributed by atoms with Crippen molar-refractivity contribution in [2.24, 2.45) is 0 Å². The van der Waals surface area contributed by atoms with E-state index in [0.29, 0.717) is 0 Å². The van der Waals surface area contributed by atoms with Crippen LogP contribution >= 0.6 is 23.5 Å². The summed E-state index contributed by atoms with van der Waals surface area (Å²) in [5, 5.41) is 0. The molecule has 0 amide bonds. The second-order valence-electron chi connectivity index (χ2n) is 1.50. The van der Waals surface area contributed by atoms with Gasteiger partial charge in [-0.1, -0.05) is 7.43 Å². The van der Waals surface area contributed by atoms with Crippen LogP contribution in [0.4, 0.5) is 0 Å². The summed E-state index contributed by atoms with van der Waals surface area (Å²) in [7, 11) is -17.9. The molecule has 0 fully saturated rings. The Morgan fingerprint density at radius 1 is 0.579 bits per heavy atom. The SMILES string of the molecule is C.O=P([O-])([O-])OP(=O)([O-])OP(=O)([O-])[O-].[K+].[K+].[K+].[K+].[K+]. The predicted octanol–water partition coefficient (Wildman–Crippen LogP) is -18.2. The van der Waals surface area contributed by atoms with E-state index in [1.54, 1.807) is 0 Å². The minimum Gasteiger partial charge on any atom is -0.790 e. The van der Waals surface area contributed by atoms with Crippen molar-refractivity contribution >= 4 is 23.5 Å². The first-order valence-electron chi connectivity index (χ1n) is 2.19. The molecule has 0 aliphatic rings. The van der Waals surface area contributed by atoms with Crippen molar-refractivity contribution in [3.63, 3.8) is 0 Å². The Morgan fingerprint density at radius 3 is 0.842 bits per heavy atom. The summed E-state index contributed by atoms with van der Waals surface area (Å²) in [6, 6.07) is 0. The molecule has 0 N–H and O–H groups in total. The van der Waals surface area contributed by atoms with Crippen molar-refractivity contribution < 1.29 is 304 Å². The third-order valence-corrected chi connectivity index (χ3v) is 3.60. The smallest absolute Gasteiger partial charge is 0.790 e. The van der Waals surface area contributed by atoms with Crippen LogP contribution in [0.1, 0.15) is 7.43 Å². The summed E-state index contributed by atoms with van der Waals surface area (Å²) in [4.78, 5) is 48.6. The van der Waals surface area contributed by atoms with E-state index in [-0.39, 0.29) is 264 Å². The van der Waals surface area contributed by atoms with Gasteiger partial charge in [-0.25, -0.2) is 0 Å². The van der Waals surface area contributed by atoms with Crippen molar-refractivity contribution in [3.05, 3.63) is 0 Å². The molecular weight excluding hydrogens is 460 g/mol. The van der Waals surface area contributed by atoms with E-state index in [0.717, 1.165) is 0 Å². The fraction of sp³-hybridized carbons (Fsp3) is 1.00. The van der Waals surface area contributed by atoms with Gasteiger partial charge in [-0.2, -0.15) is 0 Å².